The molecule has 1 aliphatic carbocycles. The summed E-state index contributed by atoms with van der Waals surface area (Å²) >= 11 is 0. The van der Waals surface area contributed by atoms with Crippen LogP contribution >= 0.6 is 0 Å². The SMILES string of the molecule is Cc1cc(NC(=O)CC#N)ccc1-c1cc(NC(=O)C2CC2)nc2[nH]ccc12. The molecule has 4 rings (SSSR count). The van der Waals surface area contributed by atoms with Crippen molar-refractivity contribution in [2.75, 3.05) is 10.6 Å². The van der Waals surface area contributed by atoms with Crippen LogP contribution in [0.25, 0.3) is 22.2 Å². The van der Waals surface area contributed by atoms with Crippen molar-refractivity contribution in [1.29, 1.82) is 5.26 Å². The molecule has 140 valence electrons. The summed E-state index contributed by atoms with van der Waals surface area (Å²) in [6, 6.07) is 11.3. The Morgan fingerprint density at radius 1 is 1.21 bits per heavy atom. The van der Waals surface area contributed by atoms with Gasteiger partial charge in [-0.2, -0.15) is 5.26 Å². The zero-order valence-corrected chi connectivity index (χ0v) is 15.4. The van der Waals surface area contributed by atoms with E-state index in [0.29, 0.717) is 17.2 Å². The smallest absolute Gasteiger partial charge is 0.238 e. The van der Waals surface area contributed by atoms with Crippen LogP contribution < -0.4 is 10.6 Å². The van der Waals surface area contributed by atoms with Crippen LogP contribution in [-0.4, -0.2) is 21.8 Å². The van der Waals surface area contributed by atoms with Gasteiger partial charge in [0.25, 0.3) is 0 Å². The Morgan fingerprint density at radius 2 is 2.04 bits per heavy atom. The molecule has 0 unspecified atom stereocenters. The number of aromatic nitrogens is 2. The molecular weight excluding hydrogens is 354 g/mol. The molecule has 0 bridgehead atoms. The normalized spacial score (nSPS) is 13.1. The second-order valence-electron chi connectivity index (χ2n) is 6.97. The number of carbonyl (C=O) groups excluding carboxylic acids is 2. The second kappa shape index (κ2) is 7.16. The van der Waals surface area contributed by atoms with Crippen molar-refractivity contribution in [1.82, 2.24) is 9.97 Å². The third kappa shape index (κ3) is 3.58. The van der Waals surface area contributed by atoms with Crippen LogP contribution in [0.15, 0.2) is 36.5 Å². The van der Waals surface area contributed by atoms with E-state index in [1.54, 1.807) is 6.07 Å². The fourth-order valence-corrected chi connectivity index (χ4v) is 3.22. The molecule has 0 saturated heterocycles. The molecule has 28 heavy (non-hydrogen) atoms. The van der Waals surface area contributed by atoms with E-state index < -0.39 is 0 Å². The average molecular weight is 373 g/mol. The molecule has 2 aromatic heterocycles. The molecule has 0 spiro atoms. The number of fused-ring (bicyclic) bond motifs is 1. The van der Waals surface area contributed by atoms with E-state index in [0.717, 1.165) is 34.9 Å². The number of pyridine rings is 1. The monoisotopic (exact) mass is 373 g/mol. The van der Waals surface area contributed by atoms with Gasteiger partial charge < -0.3 is 15.6 Å². The lowest BCUT2D eigenvalue weighted by Gasteiger charge is -2.12. The Hall–Kier alpha value is -3.66. The van der Waals surface area contributed by atoms with Crippen molar-refractivity contribution in [3.05, 3.63) is 42.1 Å². The molecule has 3 aromatic rings. The maximum atomic E-state index is 12.1. The summed E-state index contributed by atoms with van der Waals surface area (Å²) in [6.45, 7) is 1.96. The number of anilines is 2. The topological polar surface area (TPSA) is 111 Å². The summed E-state index contributed by atoms with van der Waals surface area (Å²) in [5.74, 6) is 0.295. The van der Waals surface area contributed by atoms with Gasteiger partial charge >= 0.3 is 0 Å². The molecular formula is C21H19N5O2. The lowest BCUT2D eigenvalue weighted by molar-refractivity contribution is -0.117. The Morgan fingerprint density at radius 3 is 2.75 bits per heavy atom. The highest BCUT2D eigenvalue weighted by molar-refractivity contribution is 6.00. The van der Waals surface area contributed by atoms with Gasteiger partial charge in [0.05, 0.1) is 6.07 Å². The number of hydrogen-bond donors (Lipinski definition) is 3. The predicted molar refractivity (Wildman–Crippen MR) is 106 cm³/mol. The molecule has 0 atom stereocenters. The van der Waals surface area contributed by atoms with Crippen LogP contribution in [0, 0.1) is 24.2 Å². The Kier molecular flexibility index (Phi) is 4.53. The van der Waals surface area contributed by atoms with Crippen molar-refractivity contribution < 1.29 is 9.59 Å². The molecule has 1 aromatic carbocycles. The highest BCUT2D eigenvalue weighted by Gasteiger charge is 2.30. The maximum Gasteiger partial charge on any atom is 0.238 e. The van der Waals surface area contributed by atoms with Gasteiger partial charge in [0, 0.05) is 23.2 Å². The predicted octanol–water partition coefficient (Wildman–Crippen LogP) is 3.74. The largest absolute Gasteiger partial charge is 0.346 e. The van der Waals surface area contributed by atoms with Gasteiger partial charge in [0.2, 0.25) is 11.8 Å². The summed E-state index contributed by atoms with van der Waals surface area (Å²) in [5, 5.41) is 15.2. The van der Waals surface area contributed by atoms with Gasteiger partial charge in [0.1, 0.15) is 17.9 Å². The minimum atomic E-state index is -0.336. The van der Waals surface area contributed by atoms with Gasteiger partial charge in [-0.1, -0.05) is 6.07 Å². The van der Waals surface area contributed by atoms with Crippen LogP contribution in [0.3, 0.4) is 0 Å². The lowest BCUT2D eigenvalue weighted by Crippen LogP contribution is -2.14. The number of amides is 2. The van der Waals surface area contributed by atoms with Crippen molar-refractivity contribution in [3.8, 4) is 17.2 Å². The first-order valence-corrected chi connectivity index (χ1v) is 9.12. The number of aromatic amines is 1. The first kappa shape index (κ1) is 17.7. The minimum Gasteiger partial charge on any atom is -0.346 e. The number of nitriles is 1. The molecule has 0 aliphatic heterocycles. The summed E-state index contributed by atoms with van der Waals surface area (Å²) in [7, 11) is 0. The number of H-pyrrole nitrogens is 1. The van der Waals surface area contributed by atoms with Crippen LogP contribution in [0.5, 0.6) is 0 Å². The van der Waals surface area contributed by atoms with E-state index in [2.05, 4.69) is 20.6 Å². The molecule has 3 N–H and O–H groups in total. The van der Waals surface area contributed by atoms with E-state index in [-0.39, 0.29) is 24.2 Å². The fraction of sp³-hybridized carbons (Fsp3) is 0.238. The summed E-state index contributed by atoms with van der Waals surface area (Å²) < 4.78 is 0. The lowest BCUT2D eigenvalue weighted by atomic mass is 9.98. The third-order valence-electron chi connectivity index (χ3n) is 4.77. The van der Waals surface area contributed by atoms with Crippen LogP contribution in [0.4, 0.5) is 11.5 Å². The minimum absolute atomic E-state index is 0.0108. The van der Waals surface area contributed by atoms with Crippen molar-refractivity contribution >= 4 is 34.4 Å². The molecule has 1 saturated carbocycles. The van der Waals surface area contributed by atoms with Gasteiger partial charge in [-0.05, 0) is 60.7 Å². The van der Waals surface area contributed by atoms with E-state index in [1.165, 1.54) is 0 Å². The van der Waals surface area contributed by atoms with E-state index in [9.17, 15) is 9.59 Å². The average Bonchev–Trinajstić information content (AvgIpc) is 3.40. The molecule has 1 aliphatic rings. The quantitative estimate of drug-likeness (QED) is 0.632. The highest BCUT2D eigenvalue weighted by Crippen LogP contribution is 2.34. The zero-order chi connectivity index (χ0) is 19.7. The first-order chi connectivity index (χ1) is 13.5. The highest BCUT2D eigenvalue weighted by atomic mass is 16.2. The molecule has 2 heterocycles. The summed E-state index contributed by atoms with van der Waals surface area (Å²) in [4.78, 5) is 31.4. The molecule has 7 nitrogen and oxygen atoms in total. The first-order valence-electron chi connectivity index (χ1n) is 9.12. The number of nitrogens with one attached hydrogen (secondary N) is 3. The Labute approximate surface area is 161 Å². The number of aryl methyl sites for hydroxylation is 1. The standard InChI is InChI=1S/C21H19N5O2/c1-12-10-14(24-19(27)6-8-22)4-5-15(12)17-11-18(26-21(28)13-2-3-13)25-20-16(17)7-9-23-20/h4-5,7,9-11,13H,2-3,6H2,1H3,(H,24,27)(H2,23,25,26,28). The third-order valence-corrected chi connectivity index (χ3v) is 4.77. The fourth-order valence-electron chi connectivity index (χ4n) is 3.22. The van der Waals surface area contributed by atoms with Crippen molar-refractivity contribution in [2.24, 2.45) is 5.92 Å². The summed E-state index contributed by atoms with van der Waals surface area (Å²) in [6.07, 6.45) is 3.50. The Bertz CT molecular complexity index is 1120. The number of carbonyl (C=O) groups is 2. The van der Waals surface area contributed by atoms with Gasteiger partial charge in [-0.15, -0.1) is 0 Å². The second-order valence-corrected chi connectivity index (χ2v) is 6.97. The molecule has 1 fully saturated rings. The van der Waals surface area contributed by atoms with Gasteiger partial charge in [-0.3, -0.25) is 9.59 Å². The number of benzene rings is 1. The number of nitrogens with zero attached hydrogens (tertiary/aromatic N) is 2. The van der Waals surface area contributed by atoms with Crippen molar-refractivity contribution in [3.63, 3.8) is 0 Å². The number of hydrogen-bond acceptors (Lipinski definition) is 4. The van der Waals surface area contributed by atoms with Crippen LogP contribution in [-0.2, 0) is 9.59 Å². The molecule has 7 heteroatoms. The van der Waals surface area contributed by atoms with Crippen LogP contribution in [0.2, 0.25) is 0 Å². The maximum absolute atomic E-state index is 12.1. The van der Waals surface area contributed by atoms with Gasteiger partial charge in [0.15, 0.2) is 0 Å². The molecule has 2 amide bonds. The van der Waals surface area contributed by atoms with Gasteiger partial charge in [-0.25, -0.2) is 4.98 Å². The van der Waals surface area contributed by atoms with E-state index >= 15 is 0 Å². The number of rotatable bonds is 5. The van der Waals surface area contributed by atoms with E-state index in [1.807, 2.05) is 43.5 Å². The van der Waals surface area contributed by atoms with E-state index in [4.69, 9.17) is 5.26 Å². The molecule has 0 radical (unpaired) electrons. The zero-order valence-electron chi connectivity index (χ0n) is 15.4. The van der Waals surface area contributed by atoms with Crippen LogP contribution in [0.1, 0.15) is 24.8 Å². The Balaban J connectivity index is 1.69. The summed E-state index contributed by atoms with van der Waals surface area (Å²) in [5.41, 5.74) is 4.23. The van der Waals surface area contributed by atoms with Crippen molar-refractivity contribution in [2.45, 2.75) is 26.2 Å².